The number of amidine groups is 1. The smallest absolute Gasteiger partial charge is 0.140 e. The summed E-state index contributed by atoms with van der Waals surface area (Å²) in [5.74, 6) is 11.1. The molecule has 1 aromatic rings. The van der Waals surface area contributed by atoms with E-state index in [-0.39, 0.29) is 0 Å². The summed E-state index contributed by atoms with van der Waals surface area (Å²) in [6.07, 6.45) is 0.651. The molecule has 0 spiro atoms. The van der Waals surface area contributed by atoms with Crippen molar-refractivity contribution in [1.29, 1.82) is 0 Å². The zero-order chi connectivity index (χ0) is 10.7. The number of hydrogen-bond donors (Lipinski definition) is 4. The van der Waals surface area contributed by atoms with Crippen LogP contribution in [-0.2, 0) is 19.5 Å². The van der Waals surface area contributed by atoms with Crippen LogP contribution in [-0.4, -0.2) is 5.84 Å². The molecule has 0 radical (unpaired) electrons. The Morgan fingerprint density at radius 2 is 2.33 bits per heavy atom. The maximum absolute atomic E-state index is 5.30. The van der Waals surface area contributed by atoms with Crippen LogP contribution in [0.25, 0.3) is 0 Å². The number of hydrazine groups is 1. The molecule has 0 atom stereocenters. The van der Waals surface area contributed by atoms with Crippen LogP contribution in [0.1, 0.15) is 16.7 Å². The molecule has 1 heterocycles. The summed E-state index contributed by atoms with van der Waals surface area (Å²) in [6.45, 7) is 1.85. The van der Waals surface area contributed by atoms with E-state index in [9.17, 15) is 0 Å². The molecule has 5 nitrogen and oxygen atoms in total. The van der Waals surface area contributed by atoms with Crippen LogP contribution in [0, 0.1) is 0 Å². The molecule has 0 amide bonds. The number of benzene rings is 1. The van der Waals surface area contributed by atoms with Gasteiger partial charge in [-0.25, -0.2) is 5.84 Å². The van der Waals surface area contributed by atoms with E-state index in [0.717, 1.165) is 13.1 Å². The predicted octanol–water partition coefficient (Wildman–Crippen LogP) is -0.432. The van der Waals surface area contributed by atoms with Crippen LogP contribution in [0.4, 0.5) is 0 Å². The number of rotatable bonds is 2. The third kappa shape index (κ3) is 1.93. The zero-order valence-corrected chi connectivity index (χ0v) is 8.46. The van der Waals surface area contributed by atoms with Gasteiger partial charge in [0.1, 0.15) is 5.84 Å². The summed E-state index contributed by atoms with van der Waals surface area (Å²) in [5, 5.41) is 6.90. The molecule has 0 saturated carbocycles. The Kier molecular flexibility index (Phi) is 2.84. The minimum absolute atomic E-state index is 0.593. The first kappa shape index (κ1) is 9.95. The van der Waals surface area contributed by atoms with Crippen molar-refractivity contribution < 1.29 is 0 Å². The summed E-state index contributed by atoms with van der Waals surface area (Å²) >= 11 is 0. The average Bonchev–Trinajstić information content (AvgIpc) is 2.74. The summed E-state index contributed by atoms with van der Waals surface area (Å²) < 4.78 is 0. The molecule has 0 fully saturated rings. The van der Waals surface area contributed by atoms with Gasteiger partial charge >= 0.3 is 0 Å². The van der Waals surface area contributed by atoms with E-state index >= 15 is 0 Å². The van der Waals surface area contributed by atoms with Gasteiger partial charge in [-0.15, -0.1) is 0 Å². The largest absolute Gasteiger partial charge is 0.322 e. The van der Waals surface area contributed by atoms with E-state index in [2.05, 4.69) is 28.0 Å². The molecule has 0 bridgehead atoms. The molecular formula is C10H15N5. The molecule has 15 heavy (non-hydrogen) atoms. The monoisotopic (exact) mass is 205 g/mol. The zero-order valence-electron chi connectivity index (χ0n) is 8.46. The number of hydrogen-bond acceptors (Lipinski definition) is 4. The fourth-order valence-electron chi connectivity index (χ4n) is 1.88. The van der Waals surface area contributed by atoms with Crippen LogP contribution >= 0.6 is 0 Å². The third-order valence-corrected chi connectivity index (χ3v) is 2.67. The standard InChI is InChI=1S/C10H15N5/c11-14-10(15-12)4-7-2-1-3-8-5-13-6-9(7)8/h1-3,13H,4-6,11-12H2,(H,14,15). The van der Waals surface area contributed by atoms with Crippen LogP contribution in [0.5, 0.6) is 0 Å². The Hall–Kier alpha value is -1.59. The number of nitrogens with two attached hydrogens (primary N) is 2. The highest BCUT2D eigenvalue weighted by atomic mass is 15.3. The molecule has 6 N–H and O–H groups in total. The topological polar surface area (TPSA) is 88.5 Å². The van der Waals surface area contributed by atoms with Crippen LogP contribution in [0.2, 0.25) is 0 Å². The molecule has 2 rings (SSSR count). The van der Waals surface area contributed by atoms with Gasteiger partial charge in [-0.05, 0) is 16.7 Å². The molecule has 80 valence electrons. The van der Waals surface area contributed by atoms with Gasteiger partial charge in [0.2, 0.25) is 0 Å². The SMILES string of the molecule is N/N=C(/Cc1cccc2c1CNC2)NN. The first-order valence-corrected chi connectivity index (χ1v) is 4.89. The van der Waals surface area contributed by atoms with Crippen LogP contribution in [0.15, 0.2) is 23.3 Å². The first-order chi connectivity index (χ1) is 7.35. The molecule has 0 saturated heterocycles. The summed E-state index contributed by atoms with van der Waals surface area (Å²) in [6, 6.07) is 6.26. The normalized spacial score (nSPS) is 15.1. The molecule has 1 aliphatic rings. The van der Waals surface area contributed by atoms with Crippen molar-refractivity contribution in [3.8, 4) is 0 Å². The van der Waals surface area contributed by atoms with Crippen molar-refractivity contribution in [2.45, 2.75) is 19.5 Å². The lowest BCUT2D eigenvalue weighted by Gasteiger charge is -2.08. The molecule has 0 aromatic heterocycles. The van der Waals surface area contributed by atoms with Crippen molar-refractivity contribution in [1.82, 2.24) is 10.7 Å². The predicted molar refractivity (Wildman–Crippen MR) is 59.6 cm³/mol. The van der Waals surface area contributed by atoms with Gasteiger partial charge in [-0.3, -0.25) is 0 Å². The summed E-state index contributed by atoms with van der Waals surface area (Å²) in [4.78, 5) is 0. The lowest BCUT2D eigenvalue weighted by atomic mass is 10.0. The Bertz CT molecular complexity index is 385. The number of fused-ring (bicyclic) bond motifs is 1. The molecule has 0 unspecified atom stereocenters. The highest BCUT2D eigenvalue weighted by molar-refractivity contribution is 5.84. The van der Waals surface area contributed by atoms with Crippen LogP contribution in [0.3, 0.4) is 0 Å². The van der Waals surface area contributed by atoms with Crippen molar-refractivity contribution >= 4 is 5.84 Å². The van der Waals surface area contributed by atoms with E-state index in [4.69, 9.17) is 11.7 Å². The van der Waals surface area contributed by atoms with E-state index in [1.165, 1.54) is 16.7 Å². The van der Waals surface area contributed by atoms with Gasteiger partial charge in [0.05, 0.1) is 0 Å². The van der Waals surface area contributed by atoms with Crippen molar-refractivity contribution in [3.63, 3.8) is 0 Å². The summed E-state index contributed by atoms with van der Waals surface area (Å²) in [5.41, 5.74) is 6.41. The average molecular weight is 205 g/mol. The van der Waals surface area contributed by atoms with Gasteiger partial charge in [0.15, 0.2) is 0 Å². The maximum atomic E-state index is 5.30. The van der Waals surface area contributed by atoms with Gasteiger partial charge < -0.3 is 16.6 Å². The number of nitrogens with one attached hydrogen (secondary N) is 2. The second kappa shape index (κ2) is 4.29. The molecule has 1 aliphatic heterocycles. The number of nitrogens with zero attached hydrogens (tertiary/aromatic N) is 1. The second-order valence-electron chi connectivity index (χ2n) is 3.56. The van der Waals surface area contributed by atoms with E-state index < -0.39 is 0 Å². The lowest BCUT2D eigenvalue weighted by molar-refractivity contribution is 0.762. The van der Waals surface area contributed by atoms with Gasteiger partial charge in [-0.1, -0.05) is 18.2 Å². The van der Waals surface area contributed by atoms with Crippen molar-refractivity contribution in [3.05, 3.63) is 34.9 Å². The molecular weight excluding hydrogens is 190 g/mol. The minimum atomic E-state index is 0.593. The molecule has 0 aliphatic carbocycles. The highest BCUT2D eigenvalue weighted by Gasteiger charge is 2.14. The second-order valence-corrected chi connectivity index (χ2v) is 3.56. The minimum Gasteiger partial charge on any atom is -0.322 e. The van der Waals surface area contributed by atoms with Gasteiger partial charge in [0.25, 0.3) is 0 Å². The van der Waals surface area contributed by atoms with E-state index in [0.29, 0.717) is 12.3 Å². The van der Waals surface area contributed by atoms with Gasteiger partial charge in [0, 0.05) is 19.5 Å². The maximum Gasteiger partial charge on any atom is 0.140 e. The van der Waals surface area contributed by atoms with Crippen LogP contribution < -0.4 is 22.4 Å². The van der Waals surface area contributed by atoms with E-state index in [1.807, 2.05) is 6.07 Å². The van der Waals surface area contributed by atoms with E-state index in [1.54, 1.807) is 0 Å². The fraction of sp³-hybridized carbons (Fsp3) is 0.300. The van der Waals surface area contributed by atoms with Crippen molar-refractivity contribution in [2.24, 2.45) is 16.8 Å². The fourth-order valence-corrected chi connectivity index (χ4v) is 1.88. The Balaban J connectivity index is 2.26. The lowest BCUT2D eigenvalue weighted by Crippen LogP contribution is -2.33. The van der Waals surface area contributed by atoms with Gasteiger partial charge in [-0.2, -0.15) is 5.10 Å². The molecule has 5 heteroatoms. The highest BCUT2D eigenvalue weighted by Crippen LogP contribution is 2.20. The van der Waals surface area contributed by atoms with Crippen molar-refractivity contribution in [2.75, 3.05) is 0 Å². The molecule has 1 aromatic carbocycles. The summed E-state index contributed by atoms with van der Waals surface area (Å²) in [7, 11) is 0. The number of hydrazone groups is 1. The third-order valence-electron chi connectivity index (χ3n) is 2.67. The first-order valence-electron chi connectivity index (χ1n) is 4.89. The Morgan fingerprint density at radius 1 is 1.47 bits per heavy atom. The Morgan fingerprint density at radius 3 is 3.07 bits per heavy atom. The quantitative estimate of drug-likeness (QED) is 0.228. The Labute approximate surface area is 88.5 Å².